The second-order valence-electron chi connectivity index (χ2n) is 5.65. The zero-order valence-electron chi connectivity index (χ0n) is 13.0. The highest BCUT2D eigenvalue weighted by atomic mass is 19.1. The number of nitrogens with zero attached hydrogens (tertiary/aromatic N) is 3. The van der Waals surface area contributed by atoms with Crippen LogP contribution in [0, 0.1) is 5.82 Å². The second-order valence-corrected chi connectivity index (χ2v) is 5.65. The van der Waals surface area contributed by atoms with Crippen molar-refractivity contribution in [1.82, 2.24) is 9.55 Å². The normalized spacial score (nSPS) is 15.0. The van der Waals surface area contributed by atoms with Crippen molar-refractivity contribution in [2.45, 2.75) is 0 Å². The number of para-hydroxylation sites is 1. The SMILES string of the molecule is O=c1c2ccccc2nc(N2CCOCC2)n1-c1ccc(F)cc1. The van der Waals surface area contributed by atoms with Crippen molar-refractivity contribution in [2.75, 3.05) is 31.2 Å². The van der Waals surface area contributed by atoms with E-state index in [1.165, 1.54) is 12.1 Å². The first-order valence-electron chi connectivity index (χ1n) is 7.84. The van der Waals surface area contributed by atoms with Crippen LogP contribution in [0.1, 0.15) is 0 Å². The predicted molar refractivity (Wildman–Crippen MR) is 90.3 cm³/mol. The first-order valence-corrected chi connectivity index (χ1v) is 7.84. The minimum atomic E-state index is -0.339. The molecule has 1 aliphatic rings. The van der Waals surface area contributed by atoms with Crippen LogP contribution in [-0.2, 0) is 4.74 Å². The maximum Gasteiger partial charge on any atom is 0.267 e. The molecule has 0 amide bonds. The summed E-state index contributed by atoms with van der Waals surface area (Å²) in [4.78, 5) is 19.8. The molecule has 0 saturated carbocycles. The molecule has 2 aromatic carbocycles. The third kappa shape index (κ3) is 2.55. The lowest BCUT2D eigenvalue weighted by Gasteiger charge is -2.29. The van der Waals surface area contributed by atoms with Gasteiger partial charge in [0.25, 0.3) is 5.56 Å². The number of hydrogen-bond donors (Lipinski definition) is 0. The highest BCUT2D eigenvalue weighted by Crippen LogP contribution is 2.20. The van der Waals surface area contributed by atoms with E-state index < -0.39 is 0 Å². The Labute approximate surface area is 137 Å². The van der Waals surface area contributed by atoms with Crippen LogP contribution in [-0.4, -0.2) is 35.9 Å². The zero-order chi connectivity index (χ0) is 16.5. The molecule has 0 radical (unpaired) electrons. The molecule has 0 aliphatic carbocycles. The number of morpholine rings is 1. The Morgan fingerprint density at radius 3 is 2.46 bits per heavy atom. The molecule has 0 bridgehead atoms. The minimum Gasteiger partial charge on any atom is -0.378 e. The fourth-order valence-corrected chi connectivity index (χ4v) is 2.92. The van der Waals surface area contributed by atoms with Gasteiger partial charge in [-0.3, -0.25) is 4.79 Å². The van der Waals surface area contributed by atoms with Gasteiger partial charge < -0.3 is 9.64 Å². The average molecular weight is 325 g/mol. The van der Waals surface area contributed by atoms with Crippen molar-refractivity contribution in [1.29, 1.82) is 0 Å². The van der Waals surface area contributed by atoms with Gasteiger partial charge in [0.05, 0.1) is 29.8 Å². The van der Waals surface area contributed by atoms with Crippen molar-refractivity contribution in [3.05, 3.63) is 64.7 Å². The molecule has 0 atom stereocenters. The molecule has 6 heteroatoms. The van der Waals surface area contributed by atoms with E-state index in [4.69, 9.17) is 9.72 Å². The number of aromatic nitrogens is 2. The van der Waals surface area contributed by atoms with Gasteiger partial charge in [-0.1, -0.05) is 12.1 Å². The Balaban J connectivity index is 1.99. The molecular weight excluding hydrogens is 309 g/mol. The topological polar surface area (TPSA) is 47.4 Å². The lowest BCUT2D eigenvalue weighted by atomic mass is 10.2. The van der Waals surface area contributed by atoms with Crippen molar-refractivity contribution in [3.8, 4) is 5.69 Å². The van der Waals surface area contributed by atoms with E-state index in [9.17, 15) is 9.18 Å². The highest BCUT2D eigenvalue weighted by Gasteiger charge is 2.20. The Morgan fingerprint density at radius 1 is 1.00 bits per heavy atom. The summed E-state index contributed by atoms with van der Waals surface area (Å²) >= 11 is 0. The number of ether oxygens (including phenoxy) is 1. The van der Waals surface area contributed by atoms with Crippen LogP contribution < -0.4 is 10.5 Å². The summed E-state index contributed by atoms with van der Waals surface area (Å²) in [5, 5.41) is 0.541. The molecule has 0 unspecified atom stereocenters. The lowest BCUT2D eigenvalue weighted by molar-refractivity contribution is 0.122. The van der Waals surface area contributed by atoms with Crippen molar-refractivity contribution < 1.29 is 9.13 Å². The molecule has 0 spiro atoms. The summed E-state index contributed by atoms with van der Waals surface area (Å²) in [6.07, 6.45) is 0. The highest BCUT2D eigenvalue weighted by molar-refractivity contribution is 5.79. The smallest absolute Gasteiger partial charge is 0.267 e. The van der Waals surface area contributed by atoms with Gasteiger partial charge in [-0.15, -0.1) is 0 Å². The monoisotopic (exact) mass is 325 g/mol. The van der Waals surface area contributed by atoms with Gasteiger partial charge >= 0.3 is 0 Å². The van der Waals surface area contributed by atoms with Crippen LogP contribution in [0.5, 0.6) is 0 Å². The van der Waals surface area contributed by atoms with Crippen molar-refractivity contribution in [3.63, 3.8) is 0 Å². The van der Waals surface area contributed by atoms with Crippen LogP contribution in [0.25, 0.3) is 16.6 Å². The molecule has 1 saturated heterocycles. The molecule has 2 heterocycles. The summed E-state index contributed by atoms with van der Waals surface area (Å²) in [6, 6.07) is 13.1. The van der Waals surface area contributed by atoms with Gasteiger partial charge in [0, 0.05) is 13.1 Å². The Kier molecular flexibility index (Phi) is 3.74. The minimum absolute atomic E-state index is 0.159. The summed E-state index contributed by atoms with van der Waals surface area (Å²) in [5.74, 6) is 0.224. The van der Waals surface area contributed by atoms with Gasteiger partial charge in [-0.25, -0.2) is 13.9 Å². The van der Waals surface area contributed by atoms with E-state index in [0.29, 0.717) is 48.8 Å². The van der Waals surface area contributed by atoms with E-state index in [-0.39, 0.29) is 11.4 Å². The fraction of sp³-hybridized carbons (Fsp3) is 0.222. The van der Waals surface area contributed by atoms with E-state index in [1.54, 1.807) is 22.8 Å². The van der Waals surface area contributed by atoms with Gasteiger partial charge in [-0.2, -0.15) is 0 Å². The molecule has 1 aliphatic heterocycles. The maximum absolute atomic E-state index is 13.3. The first kappa shape index (κ1) is 14.8. The van der Waals surface area contributed by atoms with Crippen LogP contribution in [0.4, 0.5) is 10.3 Å². The maximum atomic E-state index is 13.3. The van der Waals surface area contributed by atoms with Crippen molar-refractivity contribution in [2.24, 2.45) is 0 Å². The van der Waals surface area contributed by atoms with Gasteiger partial charge in [0.1, 0.15) is 5.82 Å². The number of fused-ring (bicyclic) bond motifs is 1. The van der Waals surface area contributed by atoms with E-state index in [2.05, 4.69) is 0 Å². The summed E-state index contributed by atoms with van der Waals surface area (Å²) < 4.78 is 20.2. The molecule has 122 valence electrons. The third-order valence-corrected chi connectivity index (χ3v) is 4.14. The zero-order valence-corrected chi connectivity index (χ0v) is 13.0. The predicted octanol–water partition coefficient (Wildman–Crippen LogP) is 2.36. The summed E-state index contributed by atoms with van der Waals surface area (Å²) in [7, 11) is 0. The molecule has 1 fully saturated rings. The molecular formula is C18H16FN3O2. The van der Waals surface area contributed by atoms with Gasteiger partial charge in [0.2, 0.25) is 5.95 Å². The number of anilines is 1. The van der Waals surface area contributed by atoms with E-state index in [0.717, 1.165) is 0 Å². The number of halogens is 1. The average Bonchev–Trinajstić information content (AvgIpc) is 2.63. The van der Waals surface area contributed by atoms with Crippen LogP contribution in [0.2, 0.25) is 0 Å². The number of benzene rings is 2. The van der Waals surface area contributed by atoms with Crippen LogP contribution >= 0.6 is 0 Å². The molecule has 1 aromatic heterocycles. The number of rotatable bonds is 2. The Morgan fingerprint density at radius 2 is 1.71 bits per heavy atom. The molecule has 3 aromatic rings. The van der Waals surface area contributed by atoms with Gasteiger partial charge in [-0.05, 0) is 36.4 Å². The molecule has 5 nitrogen and oxygen atoms in total. The number of hydrogen-bond acceptors (Lipinski definition) is 4. The van der Waals surface area contributed by atoms with Gasteiger partial charge in [0.15, 0.2) is 0 Å². The Hall–Kier alpha value is -2.73. The van der Waals surface area contributed by atoms with E-state index >= 15 is 0 Å². The van der Waals surface area contributed by atoms with E-state index in [1.807, 2.05) is 23.1 Å². The fourth-order valence-electron chi connectivity index (χ4n) is 2.92. The molecule has 24 heavy (non-hydrogen) atoms. The second kappa shape index (κ2) is 6.05. The summed E-state index contributed by atoms with van der Waals surface area (Å²) in [6.45, 7) is 2.50. The van der Waals surface area contributed by atoms with Crippen LogP contribution in [0.3, 0.4) is 0 Å². The molecule has 0 N–H and O–H groups in total. The summed E-state index contributed by atoms with van der Waals surface area (Å²) in [5.41, 5.74) is 1.09. The largest absolute Gasteiger partial charge is 0.378 e. The quantitative estimate of drug-likeness (QED) is 0.726. The lowest BCUT2D eigenvalue weighted by Crippen LogP contribution is -2.40. The third-order valence-electron chi connectivity index (χ3n) is 4.14. The first-order chi connectivity index (χ1) is 11.7. The van der Waals surface area contributed by atoms with Crippen LogP contribution in [0.15, 0.2) is 53.3 Å². The Bertz CT molecular complexity index is 931. The molecule has 4 rings (SSSR count). The van der Waals surface area contributed by atoms with Crippen molar-refractivity contribution >= 4 is 16.9 Å². The standard InChI is InChI=1S/C18H16FN3O2/c19-13-5-7-14(8-6-13)22-17(23)15-3-1-2-4-16(15)20-18(22)21-9-11-24-12-10-21/h1-8H,9-12H2.